The molecule has 5 heteroatoms. The summed E-state index contributed by atoms with van der Waals surface area (Å²) in [5.41, 5.74) is 1.96. The van der Waals surface area contributed by atoms with Gasteiger partial charge in [-0.05, 0) is 26.0 Å². The number of quaternary nitrogens is 1. The first-order valence-electron chi connectivity index (χ1n) is 8.81. The highest BCUT2D eigenvalue weighted by Gasteiger charge is 2.31. The van der Waals surface area contributed by atoms with Gasteiger partial charge in [0.15, 0.2) is 0 Å². The Morgan fingerprint density at radius 1 is 1.25 bits per heavy atom. The summed E-state index contributed by atoms with van der Waals surface area (Å²) >= 11 is 5.92. The lowest BCUT2D eigenvalue weighted by atomic mass is 9.95. The van der Waals surface area contributed by atoms with Crippen molar-refractivity contribution in [3.05, 3.63) is 29.8 Å². The quantitative estimate of drug-likeness (QED) is 0.735. The minimum absolute atomic E-state index is 0.0333. The molecule has 2 N–H and O–H groups in total. The third-order valence-corrected chi connectivity index (χ3v) is 5.63. The monoisotopic (exact) mass is 352 g/mol. The van der Waals surface area contributed by atoms with Gasteiger partial charge in [-0.1, -0.05) is 12.1 Å². The molecule has 1 heterocycles. The van der Waals surface area contributed by atoms with Gasteiger partial charge in [0.2, 0.25) is 5.91 Å². The summed E-state index contributed by atoms with van der Waals surface area (Å²) in [5.74, 6) is 0.364. The lowest BCUT2D eigenvalue weighted by Gasteiger charge is -2.28. The largest absolute Gasteiger partial charge is 0.378 e. The second kappa shape index (κ2) is 8.21. The molecule has 1 atom stereocenters. The summed E-state index contributed by atoms with van der Waals surface area (Å²) in [6.07, 6.45) is 2.53. The molecule has 1 aromatic carbocycles. The number of hydrogen-bond acceptors (Lipinski definition) is 2. The number of alkyl halides is 1. The summed E-state index contributed by atoms with van der Waals surface area (Å²) in [6, 6.07) is 9.01. The van der Waals surface area contributed by atoms with E-state index in [2.05, 4.69) is 34.5 Å². The van der Waals surface area contributed by atoms with E-state index in [1.54, 1.807) is 4.90 Å². The van der Waals surface area contributed by atoms with Crippen molar-refractivity contribution in [2.45, 2.75) is 32.7 Å². The Labute approximate surface area is 151 Å². The number of nitrogens with one attached hydrogen (secondary N) is 2. The van der Waals surface area contributed by atoms with Crippen molar-refractivity contribution in [1.29, 1.82) is 0 Å². The number of likely N-dealkylation sites (tertiary alicyclic amines) is 1. The first kappa shape index (κ1) is 19.1. The number of carbonyl (C=O) groups excluding carboxylic acids is 1. The van der Waals surface area contributed by atoms with E-state index in [0.717, 1.165) is 0 Å². The smallest absolute Gasteiger partial charge is 0.227 e. The molecule has 0 spiro atoms. The predicted octanol–water partition coefficient (Wildman–Crippen LogP) is 1.85. The zero-order valence-electron chi connectivity index (χ0n) is 15.4. The van der Waals surface area contributed by atoms with Crippen molar-refractivity contribution >= 4 is 23.2 Å². The van der Waals surface area contributed by atoms with Crippen LogP contribution >= 0.6 is 11.6 Å². The maximum absolute atomic E-state index is 12.4. The highest BCUT2D eigenvalue weighted by atomic mass is 35.5. The second-order valence-corrected chi connectivity index (χ2v) is 7.90. The molecule has 1 amide bonds. The predicted molar refractivity (Wildman–Crippen MR) is 101 cm³/mol. The Balaban J connectivity index is 2.11. The van der Waals surface area contributed by atoms with Crippen molar-refractivity contribution < 1.29 is 9.69 Å². The number of nitrogens with zero attached hydrogens (tertiary/aromatic N) is 1. The van der Waals surface area contributed by atoms with Crippen LogP contribution in [0.3, 0.4) is 0 Å². The fourth-order valence-corrected chi connectivity index (χ4v) is 3.30. The van der Waals surface area contributed by atoms with E-state index in [9.17, 15) is 4.79 Å². The Hall–Kier alpha value is -1.26. The maximum Gasteiger partial charge on any atom is 0.227 e. The van der Waals surface area contributed by atoms with E-state index in [1.165, 1.54) is 37.2 Å². The molecule has 1 saturated heterocycles. The molecule has 1 fully saturated rings. The third-order valence-electron chi connectivity index (χ3n) is 4.97. The van der Waals surface area contributed by atoms with Gasteiger partial charge < -0.3 is 15.1 Å². The van der Waals surface area contributed by atoms with E-state index >= 15 is 0 Å². The molecule has 4 nitrogen and oxygen atoms in total. The molecule has 0 aromatic heterocycles. The zero-order chi connectivity index (χ0) is 17.7. The van der Waals surface area contributed by atoms with Crippen LogP contribution in [0.25, 0.3) is 0 Å². The zero-order valence-corrected chi connectivity index (χ0v) is 16.1. The van der Waals surface area contributed by atoms with Crippen molar-refractivity contribution in [2.24, 2.45) is 5.41 Å². The van der Waals surface area contributed by atoms with E-state index in [1.807, 2.05) is 27.9 Å². The van der Waals surface area contributed by atoms with E-state index in [4.69, 9.17) is 11.6 Å². The van der Waals surface area contributed by atoms with Gasteiger partial charge in [-0.15, -0.1) is 11.6 Å². The van der Waals surface area contributed by atoms with Gasteiger partial charge in [0.25, 0.3) is 0 Å². The van der Waals surface area contributed by atoms with Gasteiger partial charge in [0.05, 0.1) is 25.0 Å². The Morgan fingerprint density at radius 3 is 2.33 bits per heavy atom. The van der Waals surface area contributed by atoms with Gasteiger partial charge in [0, 0.05) is 44.1 Å². The molecule has 0 aliphatic carbocycles. The Kier molecular flexibility index (Phi) is 6.53. The average Bonchev–Trinajstić information content (AvgIpc) is 3.09. The highest BCUT2D eigenvalue weighted by Crippen LogP contribution is 2.19. The standard InChI is InChI=1S/C19H30ClN3O/c1-19(2,14-20)18(24)21-13-17(23-11-5-6-12-23)15-7-9-16(10-8-15)22(3)4/h7-10,17H,5-6,11-14H2,1-4H3,(H,21,24)/p+1/t17-/m1/s1. The van der Waals surface area contributed by atoms with Crippen LogP contribution in [0.15, 0.2) is 24.3 Å². The molecule has 1 aliphatic rings. The number of amides is 1. The SMILES string of the molecule is CN(C)c1ccc([C@@H](CNC(=O)C(C)(C)CCl)[NH+]2CCCC2)cc1. The normalized spacial score (nSPS) is 16.9. The van der Waals surface area contributed by atoms with Crippen molar-refractivity contribution in [2.75, 3.05) is 44.5 Å². The lowest BCUT2D eigenvalue weighted by molar-refractivity contribution is -0.918. The van der Waals surface area contributed by atoms with Gasteiger partial charge in [-0.3, -0.25) is 4.79 Å². The first-order chi connectivity index (χ1) is 11.3. The van der Waals surface area contributed by atoms with Gasteiger partial charge in [-0.25, -0.2) is 0 Å². The average molecular weight is 353 g/mol. The number of halogens is 1. The third kappa shape index (κ3) is 4.64. The van der Waals surface area contributed by atoms with Crippen LogP contribution in [0.2, 0.25) is 0 Å². The summed E-state index contributed by atoms with van der Waals surface area (Å²) < 4.78 is 0. The molecule has 134 valence electrons. The van der Waals surface area contributed by atoms with Crippen LogP contribution < -0.4 is 15.1 Å². The number of anilines is 1. The minimum atomic E-state index is -0.527. The summed E-state index contributed by atoms with van der Waals surface area (Å²) in [6.45, 7) is 6.79. The van der Waals surface area contributed by atoms with Crippen molar-refractivity contribution in [3.63, 3.8) is 0 Å². The molecule has 2 rings (SSSR count). The molecule has 0 radical (unpaired) electrons. The van der Waals surface area contributed by atoms with Crippen LogP contribution in [-0.4, -0.2) is 45.5 Å². The molecular formula is C19H31ClN3O+. The molecule has 1 aliphatic heterocycles. The van der Waals surface area contributed by atoms with Crippen LogP contribution in [-0.2, 0) is 4.79 Å². The van der Waals surface area contributed by atoms with Gasteiger partial charge in [0.1, 0.15) is 6.04 Å². The van der Waals surface area contributed by atoms with Crippen molar-refractivity contribution in [3.8, 4) is 0 Å². The minimum Gasteiger partial charge on any atom is -0.378 e. The van der Waals surface area contributed by atoms with E-state index < -0.39 is 5.41 Å². The lowest BCUT2D eigenvalue weighted by Crippen LogP contribution is -3.11. The fourth-order valence-electron chi connectivity index (χ4n) is 3.17. The number of carbonyl (C=O) groups is 1. The fraction of sp³-hybridized carbons (Fsp3) is 0.632. The molecule has 0 saturated carbocycles. The van der Waals surface area contributed by atoms with Crippen molar-refractivity contribution in [1.82, 2.24) is 5.32 Å². The molecular weight excluding hydrogens is 322 g/mol. The highest BCUT2D eigenvalue weighted by molar-refractivity contribution is 6.19. The topological polar surface area (TPSA) is 36.8 Å². The summed E-state index contributed by atoms with van der Waals surface area (Å²) in [7, 11) is 4.10. The number of benzene rings is 1. The summed E-state index contributed by atoms with van der Waals surface area (Å²) in [4.78, 5) is 16.0. The first-order valence-corrected chi connectivity index (χ1v) is 9.35. The van der Waals surface area contributed by atoms with Gasteiger partial charge in [-0.2, -0.15) is 0 Å². The molecule has 0 unspecified atom stereocenters. The molecule has 0 bridgehead atoms. The van der Waals surface area contributed by atoms with Crippen LogP contribution in [0.5, 0.6) is 0 Å². The summed E-state index contributed by atoms with van der Waals surface area (Å²) in [5, 5.41) is 3.13. The Bertz CT molecular complexity index is 536. The number of hydrogen-bond donors (Lipinski definition) is 2. The number of rotatable bonds is 7. The van der Waals surface area contributed by atoms with E-state index in [-0.39, 0.29) is 5.91 Å². The van der Waals surface area contributed by atoms with Crippen LogP contribution in [0.1, 0.15) is 38.3 Å². The maximum atomic E-state index is 12.4. The Morgan fingerprint density at radius 2 is 1.83 bits per heavy atom. The van der Waals surface area contributed by atoms with Crippen LogP contribution in [0, 0.1) is 5.41 Å². The molecule has 1 aromatic rings. The molecule has 24 heavy (non-hydrogen) atoms. The van der Waals surface area contributed by atoms with Crippen LogP contribution in [0.4, 0.5) is 5.69 Å². The van der Waals surface area contributed by atoms with E-state index in [0.29, 0.717) is 18.5 Å². The van der Waals surface area contributed by atoms with Gasteiger partial charge >= 0.3 is 0 Å². The second-order valence-electron chi connectivity index (χ2n) is 7.63.